The second kappa shape index (κ2) is 8.44. The molecule has 0 unspecified atom stereocenters. The van der Waals surface area contributed by atoms with E-state index in [2.05, 4.69) is 5.32 Å². The van der Waals surface area contributed by atoms with Gasteiger partial charge in [0.15, 0.2) is 0 Å². The number of aromatic nitrogens is 1. The van der Waals surface area contributed by atoms with Crippen LogP contribution in [0.2, 0.25) is 0 Å². The highest BCUT2D eigenvalue weighted by molar-refractivity contribution is 7.07. The average molecular weight is 348 g/mol. The van der Waals surface area contributed by atoms with Gasteiger partial charge in [-0.25, -0.2) is 4.79 Å². The number of benzene rings is 1. The summed E-state index contributed by atoms with van der Waals surface area (Å²) in [6.07, 6.45) is 0.977. The van der Waals surface area contributed by atoms with Gasteiger partial charge in [0, 0.05) is 29.7 Å². The van der Waals surface area contributed by atoms with Crippen molar-refractivity contribution in [3.8, 4) is 0 Å². The predicted octanol–water partition coefficient (Wildman–Crippen LogP) is 2.81. The zero-order valence-electron chi connectivity index (χ0n) is 13.7. The Hall–Kier alpha value is -2.41. The molecule has 0 aliphatic rings. The number of anilines is 1. The van der Waals surface area contributed by atoms with Gasteiger partial charge in [-0.15, -0.1) is 0 Å². The molecule has 0 aliphatic heterocycles. The first kappa shape index (κ1) is 17.9. The van der Waals surface area contributed by atoms with E-state index < -0.39 is 0 Å². The van der Waals surface area contributed by atoms with Crippen LogP contribution in [-0.2, 0) is 16.1 Å². The van der Waals surface area contributed by atoms with Gasteiger partial charge in [0.2, 0.25) is 5.91 Å². The molecule has 1 amide bonds. The van der Waals surface area contributed by atoms with Crippen molar-refractivity contribution in [2.45, 2.75) is 33.2 Å². The highest BCUT2D eigenvalue weighted by Crippen LogP contribution is 2.11. The Labute approximate surface area is 144 Å². The number of rotatable bonds is 7. The number of hydrogen-bond donors (Lipinski definition) is 1. The molecule has 1 aromatic carbocycles. The van der Waals surface area contributed by atoms with E-state index in [9.17, 15) is 14.4 Å². The van der Waals surface area contributed by atoms with Crippen LogP contribution >= 0.6 is 11.3 Å². The van der Waals surface area contributed by atoms with E-state index in [-0.39, 0.29) is 23.2 Å². The van der Waals surface area contributed by atoms with Crippen LogP contribution in [-0.4, -0.2) is 23.1 Å². The minimum atomic E-state index is -0.373. The normalized spacial score (nSPS) is 10.4. The van der Waals surface area contributed by atoms with E-state index in [1.807, 2.05) is 13.8 Å². The minimum absolute atomic E-state index is 0.0600. The van der Waals surface area contributed by atoms with Gasteiger partial charge in [-0.05, 0) is 37.6 Å². The summed E-state index contributed by atoms with van der Waals surface area (Å²) in [7, 11) is 0. The van der Waals surface area contributed by atoms with Crippen LogP contribution in [0.15, 0.2) is 34.4 Å². The van der Waals surface area contributed by atoms with E-state index in [0.717, 1.165) is 23.5 Å². The van der Waals surface area contributed by atoms with Crippen LogP contribution in [0.4, 0.5) is 5.69 Å². The Morgan fingerprint density at radius 3 is 2.54 bits per heavy atom. The van der Waals surface area contributed by atoms with Gasteiger partial charge >= 0.3 is 10.8 Å². The van der Waals surface area contributed by atoms with Crippen molar-refractivity contribution in [3.63, 3.8) is 0 Å². The molecule has 24 heavy (non-hydrogen) atoms. The number of carbonyl (C=O) groups is 2. The van der Waals surface area contributed by atoms with E-state index >= 15 is 0 Å². The minimum Gasteiger partial charge on any atom is -0.462 e. The van der Waals surface area contributed by atoms with Gasteiger partial charge < -0.3 is 14.6 Å². The zero-order chi connectivity index (χ0) is 17.5. The molecule has 7 heteroatoms. The van der Waals surface area contributed by atoms with Crippen molar-refractivity contribution in [2.75, 3.05) is 11.9 Å². The van der Waals surface area contributed by atoms with Crippen LogP contribution in [0, 0.1) is 6.92 Å². The largest absolute Gasteiger partial charge is 0.462 e. The first-order chi connectivity index (χ1) is 11.5. The molecule has 128 valence electrons. The lowest BCUT2D eigenvalue weighted by molar-refractivity contribution is -0.116. The number of hydrogen-bond acceptors (Lipinski definition) is 5. The number of amides is 1. The lowest BCUT2D eigenvalue weighted by Crippen LogP contribution is -2.20. The van der Waals surface area contributed by atoms with Crippen LogP contribution in [0.5, 0.6) is 0 Å². The van der Waals surface area contributed by atoms with Gasteiger partial charge in [0.05, 0.1) is 12.2 Å². The Morgan fingerprint density at radius 2 is 1.96 bits per heavy atom. The quantitative estimate of drug-likeness (QED) is 0.781. The molecule has 0 fully saturated rings. The maximum atomic E-state index is 12.0. The maximum absolute atomic E-state index is 12.0. The molecule has 0 saturated heterocycles. The standard InChI is InChI=1S/C17H20N2O4S/c1-3-10-23-16(21)13-4-6-14(7-5-13)18-15(20)8-9-19-12(2)11-24-17(19)22/h4-7,11H,3,8-10H2,1-2H3,(H,18,20). The predicted molar refractivity (Wildman–Crippen MR) is 93.6 cm³/mol. The Bertz CT molecular complexity index is 762. The summed E-state index contributed by atoms with van der Waals surface area (Å²) in [4.78, 5) is 35.2. The summed E-state index contributed by atoms with van der Waals surface area (Å²) in [5.41, 5.74) is 1.90. The van der Waals surface area contributed by atoms with Crippen LogP contribution in [0.25, 0.3) is 0 Å². The van der Waals surface area contributed by atoms with E-state index in [1.54, 1.807) is 34.2 Å². The molecule has 1 N–H and O–H groups in total. The summed E-state index contributed by atoms with van der Waals surface area (Å²) >= 11 is 1.13. The molecule has 0 spiro atoms. The molecule has 1 aromatic heterocycles. The summed E-state index contributed by atoms with van der Waals surface area (Å²) in [5.74, 6) is -0.559. The van der Waals surface area contributed by atoms with Crippen LogP contribution < -0.4 is 10.2 Å². The van der Waals surface area contributed by atoms with Crippen LogP contribution in [0.1, 0.15) is 35.8 Å². The van der Waals surface area contributed by atoms with E-state index in [1.165, 1.54) is 0 Å². The maximum Gasteiger partial charge on any atom is 0.338 e. The van der Waals surface area contributed by atoms with Crippen molar-refractivity contribution in [1.82, 2.24) is 4.57 Å². The van der Waals surface area contributed by atoms with Crippen molar-refractivity contribution >= 4 is 28.9 Å². The first-order valence-corrected chi connectivity index (χ1v) is 8.61. The Kier molecular flexibility index (Phi) is 6.31. The smallest absolute Gasteiger partial charge is 0.338 e. The second-order valence-electron chi connectivity index (χ2n) is 5.31. The lowest BCUT2D eigenvalue weighted by Gasteiger charge is -2.08. The topological polar surface area (TPSA) is 77.4 Å². The van der Waals surface area contributed by atoms with Crippen molar-refractivity contribution in [3.05, 3.63) is 50.6 Å². The monoisotopic (exact) mass is 348 g/mol. The third-order valence-corrected chi connectivity index (χ3v) is 4.26. The van der Waals surface area contributed by atoms with E-state index in [4.69, 9.17) is 4.74 Å². The average Bonchev–Trinajstić information content (AvgIpc) is 2.89. The number of thiazole rings is 1. The summed E-state index contributed by atoms with van der Waals surface area (Å²) in [6.45, 7) is 4.50. The molecule has 0 aliphatic carbocycles. The van der Waals surface area contributed by atoms with Crippen LogP contribution in [0.3, 0.4) is 0 Å². The third kappa shape index (κ3) is 4.79. The Morgan fingerprint density at radius 1 is 1.25 bits per heavy atom. The molecule has 0 saturated carbocycles. The number of aryl methyl sites for hydroxylation is 1. The molecule has 2 rings (SSSR count). The summed E-state index contributed by atoms with van der Waals surface area (Å²) in [5, 5.41) is 4.52. The van der Waals surface area contributed by atoms with Crippen molar-refractivity contribution in [2.24, 2.45) is 0 Å². The molecule has 0 bridgehead atoms. The fraction of sp³-hybridized carbons (Fsp3) is 0.353. The second-order valence-corrected chi connectivity index (χ2v) is 6.13. The van der Waals surface area contributed by atoms with Gasteiger partial charge in [0.1, 0.15) is 0 Å². The van der Waals surface area contributed by atoms with Crippen molar-refractivity contribution < 1.29 is 14.3 Å². The molecule has 2 aromatic rings. The highest BCUT2D eigenvalue weighted by atomic mass is 32.1. The number of carbonyl (C=O) groups excluding carboxylic acids is 2. The van der Waals surface area contributed by atoms with Gasteiger partial charge in [-0.2, -0.15) is 0 Å². The van der Waals surface area contributed by atoms with Gasteiger partial charge in [-0.3, -0.25) is 9.59 Å². The SMILES string of the molecule is CCCOC(=O)c1ccc(NC(=O)CCn2c(C)csc2=O)cc1. The molecular formula is C17H20N2O4S. The molecule has 0 atom stereocenters. The number of esters is 1. The number of nitrogens with zero attached hydrogens (tertiary/aromatic N) is 1. The summed E-state index contributed by atoms with van der Waals surface area (Å²) in [6, 6.07) is 6.53. The third-order valence-electron chi connectivity index (χ3n) is 3.38. The molecule has 1 heterocycles. The summed E-state index contributed by atoms with van der Waals surface area (Å²) < 4.78 is 6.62. The number of ether oxygens (including phenoxy) is 1. The fourth-order valence-electron chi connectivity index (χ4n) is 2.08. The van der Waals surface area contributed by atoms with Gasteiger partial charge in [-0.1, -0.05) is 18.3 Å². The molecule has 0 radical (unpaired) electrons. The lowest BCUT2D eigenvalue weighted by atomic mass is 10.2. The van der Waals surface area contributed by atoms with E-state index in [0.29, 0.717) is 24.4 Å². The highest BCUT2D eigenvalue weighted by Gasteiger charge is 2.09. The number of nitrogens with one attached hydrogen (secondary N) is 1. The molecular weight excluding hydrogens is 328 g/mol. The van der Waals surface area contributed by atoms with Gasteiger partial charge in [0.25, 0.3) is 0 Å². The Balaban J connectivity index is 1.88. The first-order valence-electron chi connectivity index (χ1n) is 7.73. The fourth-order valence-corrected chi connectivity index (χ4v) is 2.84. The zero-order valence-corrected chi connectivity index (χ0v) is 14.5. The molecule has 6 nitrogen and oxygen atoms in total. The van der Waals surface area contributed by atoms with Crippen molar-refractivity contribution in [1.29, 1.82) is 0 Å².